The molecule has 2 aromatic carbocycles. The molecule has 0 atom stereocenters. The summed E-state index contributed by atoms with van der Waals surface area (Å²) in [6.07, 6.45) is 0.522. The molecule has 0 radical (unpaired) electrons. The molecule has 5 nitrogen and oxygen atoms in total. The van der Waals surface area contributed by atoms with Gasteiger partial charge in [0.2, 0.25) is 5.91 Å². The van der Waals surface area contributed by atoms with Gasteiger partial charge in [0, 0.05) is 43.9 Å². The summed E-state index contributed by atoms with van der Waals surface area (Å²) in [7, 11) is 0. The van der Waals surface area contributed by atoms with Crippen LogP contribution in [0, 0.1) is 0 Å². The fourth-order valence-corrected chi connectivity index (χ4v) is 2.77. The predicted molar refractivity (Wildman–Crippen MR) is 93.7 cm³/mol. The van der Waals surface area contributed by atoms with Gasteiger partial charge in [0.05, 0.1) is 0 Å². The Labute approximate surface area is 141 Å². The Morgan fingerprint density at radius 3 is 2.75 bits per heavy atom. The first kappa shape index (κ1) is 16.2. The number of nitrogens with zero attached hydrogens (tertiary/aromatic N) is 1. The Hall–Kier alpha value is -2.66. The lowest BCUT2D eigenvalue weighted by molar-refractivity contribution is -0.120. The average Bonchev–Trinajstić information content (AvgIpc) is 2.80. The van der Waals surface area contributed by atoms with E-state index in [4.69, 9.17) is 0 Å². The van der Waals surface area contributed by atoms with Crippen LogP contribution in [0.2, 0.25) is 0 Å². The molecule has 1 saturated heterocycles. The van der Waals surface area contributed by atoms with Gasteiger partial charge in [-0.05, 0) is 29.8 Å². The monoisotopic (exact) mass is 323 g/mol. The zero-order valence-corrected chi connectivity index (χ0v) is 13.5. The van der Waals surface area contributed by atoms with Crippen molar-refractivity contribution in [2.75, 3.05) is 25.0 Å². The molecule has 0 aromatic heterocycles. The first-order valence-electron chi connectivity index (χ1n) is 8.15. The summed E-state index contributed by atoms with van der Waals surface area (Å²) in [5, 5.41) is 5.77. The molecule has 0 aliphatic carbocycles. The molecular weight excluding hydrogens is 302 g/mol. The zero-order valence-electron chi connectivity index (χ0n) is 13.5. The molecule has 0 spiro atoms. The Balaban J connectivity index is 1.65. The van der Waals surface area contributed by atoms with E-state index < -0.39 is 0 Å². The third kappa shape index (κ3) is 4.43. The molecule has 1 fully saturated rings. The molecule has 24 heavy (non-hydrogen) atoms. The smallest absolute Gasteiger partial charge is 0.255 e. The lowest BCUT2D eigenvalue weighted by atomic mass is 10.1. The van der Waals surface area contributed by atoms with Gasteiger partial charge >= 0.3 is 0 Å². The Bertz CT molecular complexity index is 716. The lowest BCUT2D eigenvalue weighted by Gasteiger charge is -2.19. The molecule has 0 saturated carbocycles. The van der Waals surface area contributed by atoms with Gasteiger partial charge < -0.3 is 10.6 Å². The number of rotatable bonds is 4. The van der Waals surface area contributed by atoms with E-state index in [1.54, 1.807) is 0 Å². The Morgan fingerprint density at radius 1 is 1.08 bits per heavy atom. The van der Waals surface area contributed by atoms with Crippen molar-refractivity contribution in [3.63, 3.8) is 0 Å². The maximum Gasteiger partial charge on any atom is 0.255 e. The van der Waals surface area contributed by atoms with Crippen molar-refractivity contribution in [2.45, 2.75) is 13.0 Å². The second-order valence-corrected chi connectivity index (χ2v) is 5.90. The Morgan fingerprint density at radius 2 is 1.92 bits per heavy atom. The average molecular weight is 323 g/mol. The number of para-hydroxylation sites is 1. The minimum absolute atomic E-state index is 0.105. The standard InChI is InChI=1S/C19H21N3O2/c23-18-9-11-22(12-10-20-18)14-15-5-4-6-16(13-15)19(24)21-17-7-2-1-3-8-17/h1-8,13H,9-12,14H2,(H,20,23)(H,21,24). The first-order valence-corrected chi connectivity index (χ1v) is 8.15. The topological polar surface area (TPSA) is 61.4 Å². The molecule has 1 aliphatic heterocycles. The summed E-state index contributed by atoms with van der Waals surface area (Å²) in [4.78, 5) is 26.0. The molecule has 0 unspecified atom stereocenters. The van der Waals surface area contributed by atoms with Gasteiger partial charge in [-0.15, -0.1) is 0 Å². The SMILES string of the molecule is O=C1CCN(Cc2cccc(C(=O)Nc3ccccc3)c2)CCN1. The van der Waals surface area contributed by atoms with Crippen molar-refractivity contribution >= 4 is 17.5 Å². The molecule has 2 N–H and O–H groups in total. The van der Waals surface area contributed by atoms with E-state index in [9.17, 15) is 9.59 Å². The summed E-state index contributed by atoms with van der Waals surface area (Å²) >= 11 is 0. The number of nitrogens with one attached hydrogen (secondary N) is 2. The number of carbonyl (C=O) groups excluding carboxylic acids is 2. The van der Waals surface area contributed by atoms with E-state index in [2.05, 4.69) is 15.5 Å². The molecule has 2 amide bonds. The number of hydrogen-bond donors (Lipinski definition) is 2. The van der Waals surface area contributed by atoms with E-state index in [0.717, 1.165) is 30.9 Å². The van der Waals surface area contributed by atoms with E-state index >= 15 is 0 Å². The van der Waals surface area contributed by atoms with Gasteiger partial charge in [0.25, 0.3) is 5.91 Å². The van der Waals surface area contributed by atoms with Crippen molar-refractivity contribution in [3.8, 4) is 0 Å². The highest BCUT2D eigenvalue weighted by atomic mass is 16.2. The minimum Gasteiger partial charge on any atom is -0.355 e. The molecule has 5 heteroatoms. The van der Waals surface area contributed by atoms with Gasteiger partial charge in [-0.25, -0.2) is 0 Å². The maximum absolute atomic E-state index is 12.4. The molecule has 1 aliphatic rings. The van der Waals surface area contributed by atoms with Gasteiger partial charge in [0.15, 0.2) is 0 Å². The normalized spacial score (nSPS) is 15.4. The number of amides is 2. The highest BCUT2D eigenvalue weighted by Gasteiger charge is 2.14. The lowest BCUT2D eigenvalue weighted by Crippen LogP contribution is -2.28. The number of benzene rings is 2. The summed E-state index contributed by atoms with van der Waals surface area (Å²) in [6.45, 7) is 2.98. The second kappa shape index (κ2) is 7.75. The molecule has 2 aromatic rings. The van der Waals surface area contributed by atoms with Crippen LogP contribution >= 0.6 is 0 Å². The van der Waals surface area contributed by atoms with E-state index in [-0.39, 0.29) is 11.8 Å². The highest BCUT2D eigenvalue weighted by Crippen LogP contribution is 2.12. The van der Waals surface area contributed by atoms with Gasteiger partial charge in [-0.3, -0.25) is 14.5 Å². The van der Waals surface area contributed by atoms with Crippen LogP contribution in [0.25, 0.3) is 0 Å². The first-order chi connectivity index (χ1) is 11.7. The fraction of sp³-hybridized carbons (Fsp3) is 0.263. The third-order valence-electron chi connectivity index (χ3n) is 4.03. The predicted octanol–water partition coefficient (Wildman–Crippen LogP) is 2.26. The van der Waals surface area contributed by atoms with Crippen molar-refractivity contribution in [1.82, 2.24) is 10.2 Å². The highest BCUT2D eigenvalue weighted by molar-refractivity contribution is 6.04. The van der Waals surface area contributed by atoms with E-state index in [0.29, 0.717) is 18.5 Å². The van der Waals surface area contributed by atoms with Crippen molar-refractivity contribution in [3.05, 3.63) is 65.7 Å². The molecule has 0 bridgehead atoms. The van der Waals surface area contributed by atoms with Crippen LogP contribution in [0.5, 0.6) is 0 Å². The Kier molecular flexibility index (Phi) is 5.23. The van der Waals surface area contributed by atoms with Crippen LogP contribution in [0.4, 0.5) is 5.69 Å². The maximum atomic E-state index is 12.4. The summed E-state index contributed by atoms with van der Waals surface area (Å²) in [6, 6.07) is 17.1. The van der Waals surface area contributed by atoms with Gasteiger partial charge in [-0.1, -0.05) is 30.3 Å². The molecule has 124 valence electrons. The fourth-order valence-electron chi connectivity index (χ4n) is 2.77. The summed E-state index contributed by atoms with van der Waals surface area (Å²) in [5.74, 6) is -0.00995. The summed E-state index contributed by atoms with van der Waals surface area (Å²) < 4.78 is 0. The second-order valence-electron chi connectivity index (χ2n) is 5.90. The van der Waals surface area contributed by atoms with Crippen LogP contribution < -0.4 is 10.6 Å². The zero-order chi connectivity index (χ0) is 16.8. The third-order valence-corrected chi connectivity index (χ3v) is 4.03. The van der Waals surface area contributed by atoms with Crippen LogP contribution in [-0.4, -0.2) is 36.3 Å². The molecular formula is C19H21N3O2. The largest absolute Gasteiger partial charge is 0.355 e. The van der Waals surface area contributed by atoms with Gasteiger partial charge in [0.1, 0.15) is 0 Å². The molecule has 1 heterocycles. The van der Waals surface area contributed by atoms with Gasteiger partial charge in [-0.2, -0.15) is 0 Å². The van der Waals surface area contributed by atoms with Crippen LogP contribution in [0.3, 0.4) is 0 Å². The van der Waals surface area contributed by atoms with Crippen LogP contribution in [0.15, 0.2) is 54.6 Å². The minimum atomic E-state index is -0.115. The quantitative estimate of drug-likeness (QED) is 0.907. The van der Waals surface area contributed by atoms with Crippen molar-refractivity contribution in [1.29, 1.82) is 0 Å². The van der Waals surface area contributed by atoms with Crippen molar-refractivity contribution in [2.24, 2.45) is 0 Å². The van der Waals surface area contributed by atoms with E-state index in [1.807, 2.05) is 54.6 Å². The number of hydrogen-bond acceptors (Lipinski definition) is 3. The number of carbonyl (C=O) groups is 2. The van der Waals surface area contributed by atoms with Crippen molar-refractivity contribution < 1.29 is 9.59 Å². The van der Waals surface area contributed by atoms with Crippen LogP contribution in [0.1, 0.15) is 22.3 Å². The number of anilines is 1. The summed E-state index contributed by atoms with van der Waals surface area (Å²) in [5.41, 5.74) is 2.50. The van der Waals surface area contributed by atoms with E-state index in [1.165, 1.54) is 0 Å². The van der Waals surface area contributed by atoms with Crippen LogP contribution in [-0.2, 0) is 11.3 Å². The molecule has 3 rings (SSSR count).